The third-order valence-electron chi connectivity index (χ3n) is 5.06. The molecule has 1 fully saturated rings. The van der Waals surface area contributed by atoms with Crippen LogP contribution in [0.5, 0.6) is 5.75 Å². The van der Waals surface area contributed by atoms with Crippen molar-refractivity contribution in [1.82, 2.24) is 4.90 Å². The molecule has 3 rings (SSSR count). The first-order chi connectivity index (χ1) is 12.9. The molecule has 1 aliphatic rings. The van der Waals surface area contributed by atoms with Crippen molar-refractivity contribution in [3.05, 3.63) is 58.9 Å². The number of aliphatic hydroxyl groups excluding tert-OH is 1. The van der Waals surface area contributed by atoms with Gasteiger partial charge in [-0.05, 0) is 56.2 Å². The number of ether oxygens (including phenoxy) is 1. The highest BCUT2D eigenvalue weighted by atomic mass is 19.1. The molecule has 0 unspecified atom stereocenters. The van der Waals surface area contributed by atoms with Crippen LogP contribution >= 0.6 is 0 Å². The van der Waals surface area contributed by atoms with Crippen LogP contribution in [0.4, 0.5) is 10.1 Å². The summed E-state index contributed by atoms with van der Waals surface area (Å²) in [5.41, 5.74) is 4.47. The van der Waals surface area contributed by atoms with E-state index in [0.29, 0.717) is 13.2 Å². The Bertz CT molecular complexity index is 732. The molecule has 2 aromatic rings. The van der Waals surface area contributed by atoms with Gasteiger partial charge in [-0.2, -0.15) is 0 Å². The van der Waals surface area contributed by atoms with Crippen molar-refractivity contribution in [2.75, 3.05) is 44.2 Å². The highest BCUT2D eigenvalue weighted by molar-refractivity contribution is 5.46. The highest BCUT2D eigenvalue weighted by Gasteiger charge is 2.20. The van der Waals surface area contributed by atoms with Crippen LogP contribution in [0, 0.1) is 26.6 Å². The van der Waals surface area contributed by atoms with Crippen LogP contribution in [0.15, 0.2) is 36.4 Å². The number of β-amino-alcohol motifs (C(OH)–C–C–N with tert-alkyl or cyclic N) is 1. The third kappa shape index (κ3) is 5.21. The van der Waals surface area contributed by atoms with Gasteiger partial charge >= 0.3 is 0 Å². The molecule has 0 amide bonds. The van der Waals surface area contributed by atoms with Crippen molar-refractivity contribution in [3.8, 4) is 5.75 Å². The van der Waals surface area contributed by atoms with Gasteiger partial charge in [0.2, 0.25) is 0 Å². The van der Waals surface area contributed by atoms with Crippen molar-refractivity contribution < 1.29 is 14.2 Å². The van der Waals surface area contributed by atoms with Gasteiger partial charge < -0.3 is 14.7 Å². The first kappa shape index (κ1) is 19.6. The number of halogens is 1. The van der Waals surface area contributed by atoms with Crippen LogP contribution in [0.2, 0.25) is 0 Å². The van der Waals surface area contributed by atoms with Crippen molar-refractivity contribution >= 4 is 5.69 Å². The molecule has 2 aromatic carbocycles. The van der Waals surface area contributed by atoms with E-state index in [4.69, 9.17) is 4.74 Å². The molecule has 5 heteroatoms. The van der Waals surface area contributed by atoms with Crippen LogP contribution in [-0.4, -0.2) is 55.4 Å². The normalized spacial score (nSPS) is 16.4. The first-order valence-electron chi connectivity index (χ1n) is 9.54. The van der Waals surface area contributed by atoms with E-state index in [0.717, 1.165) is 48.7 Å². The van der Waals surface area contributed by atoms with Gasteiger partial charge in [0, 0.05) is 38.4 Å². The number of aryl methyl sites for hydroxylation is 3. The van der Waals surface area contributed by atoms with Crippen LogP contribution < -0.4 is 9.64 Å². The van der Waals surface area contributed by atoms with Gasteiger partial charge in [-0.25, -0.2) is 4.39 Å². The zero-order chi connectivity index (χ0) is 19.4. The minimum Gasteiger partial charge on any atom is -0.490 e. The molecular formula is C22H29FN2O2. The lowest BCUT2D eigenvalue weighted by Crippen LogP contribution is -2.49. The lowest BCUT2D eigenvalue weighted by Gasteiger charge is -2.36. The van der Waals surface area contributed by atoms with Gasteiger partial charge in [0.25, 0.3) is 0 Å². The second kappa shape index (κ2) is 8.72. The second-order valence-electron chi connectivity index (χ2n) is 7.46. The topological polar surface area (TPSA) is 35.9 Å². The molecule has 0 radical (unpaired) electrons. The minimum atomic E-state index is -0.525. The van der Waals surface area contributed by atoms with E-state index < -0.39 is 6.10 Å². The van der Waals surface area contributed by atoms with E-state index in [2.05, 4.69) is 28.9 Å². The summed E-state index contributed by atoms with van der Waals surface area (Å²) in [4.78, 5) is 4.50. The summed E-state index contributed by atoms with van der Waals surface area (Å²) in [6.07, 6.45) is -0.525. The lowest BCUT2D eigenvalue weighted by molar-refractivity contribution is 0.0658. The van der Waals surface area contributed by atoms with E-state index in [9.17, 15) is 9.50 Å². The number of nitrogens with zero attached hydrogens (tertiary/aromatic N) is 2. The summed E-state index contributed by atoms with van der Waals surface area (Å²) in [5, 5.41) is 10.4. The molecule has 4 nitrogen and oxygen atoms in total. The Balaban J connectivity index is 1.46. The van der Waals surface area contributed by atoms with Gasteiger partial charge in [0.1, 0.15) is 24.3 Å². The Morgan fingerprint density at radius 3 is 2.19 bits per heavy atom. The van der Waals surface area contributed by atoms with Crippen molar-refractivity contribution in [3.63, 3.8) is 0 Å². The number of piperazine rings is 1. The Morgan fingerprint density at radius 2 is 1.59 bits per heavy atom. The van der Waals surface area contributed by atoms with E-state index in [1.807, 2.05) is 26.0 Å². The number of hydrogen-bond donors (Lipinski definition) is 1. The molecule has 0 saturated carbocycles. The zero-order valence-corrected chi connectivity index (χ0v) is 16.4. The molecule has 1 aliphatic heterocycles. The fraction of sp³-hybridized carbons (Fsp3) is 0.455. The summed E-state index contributed by atoms with van der Waals surface area (Å²) in [5.74, 6) is 0.667. The van der Waals surface area contributed by atoms with Gasteiger partial charge in [0.15, 0.2) is 0 Å². The second-order valence-corrected chi connectivity index (χ2v) is 7.46. The SMILES string of the molecule is Cc1cc(C)c(OC[C@H](O)CN2CCN(c3ccc(F)cc3)CC2)c(C)c1. The molecule has 27 heavy (non-hydrogen) atoms. The average molecular weight is 372 g/mol. The number of rotatable bonds is 6. The van der Waals surface area contributed by atoms with Crippen LogP contribution in [0.25, 0.3) is 0 Å². The predicted molar refractivity (Wildman–Crippen MR) is 107 cm³/mol. The van der Waals surface area contributed by atoms with Gasteiger partial charge in [-0.15, -0.1) is 0 Å². The van der Waals surface area contributed by atoms with E-state index in [-0.39, 0.29) is 5.82 Å². The Morgan fingerprint density at radius 1 is 1.00 bits per heavy atom. The molecule has 0 aromatic heterocycles. The van der Waals surface area contributed by atoms with Crippen LogP contribution in [0.3, 0.4) is 0 Å². The summed E-state index contributed by atoms with van der Waals surface area (Å²) in [7, 11) is 0. The monoisotopic (exact) mass is 372 g/mol. The first-order valence-corrected chi connectivity index (χ1v) is 9.54. The van der Waals surface area contributed by atoms with Crippen molar-refractivity contribution in [1.29, 1.82) is 0 Å². The summed E-state index contributed by atoms with van der Waals surface area (Å²) in [6.45, 7) is 10.5. The summed E-state index contributed by atoms with van der Waals surface area (Å²) >= 11 is 0. The highest BCUT2D eigenvalue weighted by Crippen LogP contribution is 2.24. The fourth-order valence-electron chi connectivity index (χ4n) is 3.77. The summed E-state index contributed by atoms with van der Waals surface area (Å²) in [6, 6.07) is 10.8. The maximum Gasteiger partial charge on any atom is 0.125 e. The number of anilines is 1. The van der Waals surface area contributed by atoms with E-state index in [1.54, 1.807) is 0 Å². The summed E-state index contributed by atoms with van der Waals surface area (Å²) < 4.78 is 19.0. The van der Waals surface area contributed by atoms with E-state index >= 15 is 0 Å². The molecule has 1 N–H and O–H groups in total. The van der Waals surface area contributed by atoms with Crippen LogP contribution in [-0.2, 0) is 0 Å². The van der Waals surface area contributed by atoms with Crippen molar-refractivity contribution in [2.45, 2.75) is 26.9 Å². The van der Waals surface area contributed by atoms with Gasteiger partial charge in [0.05, 0.1) is 0 Å². The van der Waals surface area contributed by atoms with Gasteiger partial charge in [-0.3, -0.25) is 4.90 Å². The Kier molecular flexibility index (Phi) is 6.34. The Hall–Kier alpha value is -2.11. The maximum atomic E-state index is 13.1. The minimum absolute atomic E-state index is 0.209. The molecule has 0 bridgehead atoms. The average Bonchev–Trinajstić information content (AvgIpc) is 2.62. The van der Waals surface area contributed by atoms with E-state index in [1.165, 1.54) is 17.7 Å². The molecule has 1 atom stereocenters. The van der Waals surface area contributed by atoms with Gasteiger partial charge in [-0.1, -0.05) is 17.7 Å². The van der Waals surface area contributed by atoms with Crippen molar-refractivity contribution in [2.24, 2.45) is 0 Å². The Labute approximate surface area is 161 Å². The molecule has 0 spiro atoms. The lowest BCUT2D eigenvalue weighted by atomic mass is 10.1. The smallest absolute Gasteiger partial charge is 0.125 e. The number of hydrogen-bond acceptors (Lipinski definition) is 4. The maximum absolute atomic E-state index is 13.1. The molecule has 1 heterocycles. The predicted octanol–water partition coefficient (Wildman–Crippen LogP) is 3.31. The number of benzene rings is 2. The molecular weight excluding hydrogens is 343 g/mol. The zero-order valence-electron chi connectivity index (χ0n) is 16.4. The quantitative estimate of drug-likeness (QED) is 0.844. The standard InChI is InChI=1S/C22H29FN2O2/c1-16-12-17(2)22(18(3)13-16)27-15-21(26)14-24-8-10-25(11-9-24)20-6-4-19(23)5-7-20/h4-7,12-13,21,26H,8-11,14-15H2,1-3H3/t21-/m1/s1. The fourth-order valence-corrected chi connectivity index (χ4v) is 3.77. The molecule has 1 saturated heterocycles. The molecule has 146 valence electrons. The number of aliphatic hydroxyl groups is 1. The van der Waals surface area contributed by atoms with Crippen LogP contribution in [0.1, 0.15) is 16.7 Å². The third-order valence-corrected chi connectivity index (χ3v) is 5.06. The largest absolute Gasteiger partial charge is 0.490 e. The molecule has 0 aliphatic carbocycles.